The van der Waals surface area contributed by atoms with Crippen LogP contribution in [0.4, 0.5) is 0 Å². The van der Waals surface area contributed by atoms with Crippen LogP contribution in [-0.2, 0) is 9.47 Å². The Morgan fingerprint density at radius 1 is 1.48 bits per heavy atom. The smallest absolute Gasteiger partial charge is 0.193 e. The van der Waals surface area contributed by atoms with Crippen molar-refractivity contribution in [3.8, 4) is 0 Å². The zero-order valence-electron chi connectivity index (χ0n) is 14.8. The first-order chi connectivity index (χ1) is 10.8. The van der Waals surface area contributed by atoms with E-state index in [-0.39, 0.29) is 24.0 Å². The Morgan fingerprint density at radius 2 is 2.30 bits per heavy atom. The van der Waals surface area contributed by atoms with Crippen LogP contribution < -0.4 is 5.32 Å². The Kier molecular flexibility index (Phi) is 15.0. The van der Waals surface area contributed by atoms with Gasteiger partial charge in [0.25, 0.3) is 0 Å². The number of unbranched alkanes of at least 4 members (excludes halogenated alkanes) is 1. The second-order valence-electron chi connectivity index (χ2n) is 5.75. The average molecular weight is 439 g/mol. The summed E-state index contributed by atoms with van der Waals surface area (Å²) in [5, 5.41) is 3.34. The number of ether oxygens (including phenoxy) is 2. The molecule has 1 saturated heterocycles. The molecule has 1 aliphatic heterocycles. The average Bonchev–Trinajstić information content (AvgIpc) is 3.03. The Bertz CT molecular complexity index is 321. The van der Waals surface area contributed by atoms with Gasteiger partial charge in [0.2, 0.25) is 0 Å². The van der Waals surface area contributed by atoms with Crippen LogP contribution in [0.2, 0.25) is 0 Å². The summed E-state index contributed by atoms with van der Waals surface area (Å²) in [6, 6.07) is 0. The van der Waals surface area contributed by atoms with E-state index in [9.17, 15) is 0 Å². The van der Waals surface area contributed by atoms with Crippen molar-refractivity contribution in [2.75, 3.05) is 53.1 Å². The van der Waals surface area contributed by atoms with Crippen molar-refractivity contribution in [2.24, 2.45) is 10.9 Å². The molecule has 136 valence electrons. The molecule has 0 saturated carbocycles. The molecule has 1 rings (SSSR count). The Hall–Kier alpha value is -0.340. The van der Waals surface area contributed by atoms with E-state index >= 15 is 0 Å². The van der Waals surface area contributed by atoms with Gasteiger partial charge in [-0.05, 0) is 32.6 Å². The fourth-order valence-corrected chi connectivity index (χ4v) is 2.36. The highest BCUT2D eigenvalue weighted by atomic mass is 127. The third kappa shape index (κ3) is 10.9. The van der Waals surface area contributed by atoms with Gasteiger partial charge in [-0.1, -0.05) is 6.08 Å². The second kappa shape index (κ2) is 15.2. The highest BCUT2D eigenvalue weighted by Crippen LogP contribution is 2.12. The van der Waals surface area contributed by atoms with Gasteiger partial charge in [-0.15, -0.1) is 30.6 Å². The fourth-order valence-electron chi connectivity index (χ4n) is 2.36. The van der Waals surface area contributed by atoms with Gasteiger partial charge in [0, 0.05) is 45.8 Å². The molecule has 23 heavy (non-hydrogen) atoms. The van der Waals surface area contributed by atoms with Gasteiger partial charge < -0.3 is 19.7 Å². The molecule has 0 radical (unpaired) electrons. The number of nitrogens with one attached hydrogen (secondary N) is 1. The monoisotopic (exact) mass is 439 g/mol. The minimum Gasteiger partial charge on any atom is -0.381 e. The van der Waals surface area contributed by atoms with Crippen LogP contribution in [0.3, 0.4) is 0 Å². The fraction of sp³-hybridized carbons (Fsp3) is 0.824. The van der Waals surface area contributed by atoms with Gasteiger partial charge in [0.15, 0.2) is 5.96 Å². The third-order valence-electron chi connectivity index (χ3n) is 3.68. The lowest BCUT2D eigenvalue weighted by Crippen LogP contribution is -2.39. The topological polar surface area (TPSA) is 46.1 Å². The molecule has 0 amide bonds. The summed E-state index contributed by atoms with van der Waals surface area (Å²) in [6.07, 6.45) is 6.21. The molecule has 0 aromatic carbocycles. The molecule has 1 aliphatic rings. The molecule has 1 unspecified atom stereocenters. The maximum absolute atomic E-state index is 5.70. The van der Waals surface area contributed by atoms with Crippen LogP contribution in [0.25, 0.3) is 0 Å². The molecule has 1 N–H and O–H groups in total. The van der Waals surface area contributed by atoms with E-state index < -0.39 is 0 Å². The molecule has 6 heteroatoms. The first-order valence-electron chi connectivity index (χ1n) is 8.53. The van der Waals surface area contributed by atoms with Crippen LogP contribution in [-0.4, -0.2) is 64.0 Å². The molecule has 0 aromatic heterocycles. The van der Waals surface area contributed by atoms with Gasteiger partial charge in [-0.3, -0.25) is 4.99 Å². The lowest BCUT2D eigenvalue weighted by molar-refractivity contribution is 0.0893. The van der Waals surface area contributed by atoms with Crippen molar-refractivity contribution in [3.63, 3.8) is 0 Å². The van der Waals surface area contributed by atoms with E-state index in [0.717, 1.165) is 77.7 Å². The minimum atomic E-state index is 0. The molecule has 1 fully saturated rings. The van der Waals surface area contributed by atoms with Gasteiger partial charge in [-0.25, -0.2) is 0 Å². The van der Waals surface area contributed by atoms with Crippen LogP contribution in [0.5, 0.6) is 0 Å². The number of hydrogen-bond donors (Lipinski definition) is 1. The summed E-state index contributed by atoms with van der Waals surface area (Å²) in [6.45, 7) is 11.9. The van der Waals surface area contributed by atoms with E-state index in [1.807, 2.05) is 6.08 Å². The quantitative estimate of drug-likeness (QED) is 0.177. The Morgan fingerprint density at radius 3 is 2.96 bits per heavy atom. The number of allylic oxidation sites excluding steroid dienone is 1. The van der Waals surface area contributed by atoms with E-state index in [1.54, 1.807) is 0 Å². The molecule has 0 aromatic rings. The van der Waals surface area contributed by atoms with Crippen molar-refractivity contribution in [3.05, 3.63) is 12.7 Å². The first-order valence-corrected chi connectivity index (χ1v) is 8.53. The van der Waals surface area contributed by atoms with Crippen molar-refractivity contribution in [1.29, 1.82) is 0 Å². The predicted octanol–water partition coefficient (Wildman–Crippen LogP) is 2.91. The van der Waals surface area contributed by atoms with Crippen LogP contribution in [0, 0.1) is 5.92 Å². The molecular formula is C17H34IN3O2. The molecule has 0 aliphatic carbocycles. The van der Waals surface area contributed by atoms with E-state index in [0.29, 0.717) is 5.92 Å². The van der Waals surface area contributed by atoms with Gasteiger partial charge in [-0.2, -0.15) is 0 Å². The number of rotatable bonds is 11. The second-order valence-corrected chi connectivity index (χ2v) is 5.75. The number of aliphatic imine (C=N–C) groups is 1. The highest BCUT2D eigenvalue weighted by molar-refractivity contribution is 14.0. The summed E-state index contributed by atoms with van der Waals surface area (Å²) < 4.78 is 11.0. The van der Waals surface area contributed by atoms with Crippen LogP contribution in [0.1, 0.15) is 32.6 Å². The van der Waals surface area contributed by atoms with E-state index in [2.05, 4.69) is 35.8 Å². The highest BCUT2D eigenvalue weighted by Gasteiger charge is 2.15. The summed E-state index contributed by atoms with van der Waals surface area (Å²) >= 11 is 0. The number of nitrogens with zero attached hydrogens (tertiary/aromatic N) is 2. The maximum Gasteiger partial charge on any atom is 0.193 e. The maximum atomic E-state index is 5.70. The summed E-state index contributed by atoms with van der Waals surface area (Å²) in [5.74, 6) is 1.58. The third-order valence-corrected chi connectivity index (χ3v) is 3.68. The molecule has 1 heterocycles. The van der Waals surface area contributed by atoms with E-state index in [1.165, 1.54) is 0 Å². The van der Waals surface area contributed by atoms with Gasteiger partial charge >= 0.3 is 0 Å². The molecule has 1 atom stereocenters. The van der Waals surface area contributed by atoms with Crippen LogP contribution >= 0.6 is 24.0 Å². The lowest BCUT2D eigenvalue weighted by Gasteiger charge is -2.21. The van der Waals surface area contributed by atoms with Crippen molar-refractivity contribution in [1.82, 2.24) is 10.2 Å². The molecular weight excluding hydrogens is 405 g/mol. The number of guanidine groups is 1. The molecule has 5 nitrogen and oxygen atoms in total. The van der Waals surface area contributed by atoms with Crippen molar-refractivity contribution in [2.45, 2.75) is 32.6 Å². The zero-order chi connectivity index (χ0) is 16.0. The molecule has 0 spiro atoms. The standard InChI is InChI=1S/C17H33N3O2.HI/c1-4-6-7-11-20(3)17(18-5-2)19-10-8-12-21-14-16-9-13-22-15-16;/h4,16H,1,5-15H2,2-3H3,(H,18,19);1H. The van der Waals surface area contributed by atoms with Crippen molar-refractivity contribution < 1.29 is 9.47 Å². The first kappa shape index (κ1) is 22.7. The van der Waals surface area contributed by atoms with Gasteiger partial charge in [0.05, 0.1) is 13.2 Å². The summed E-state index contributed by atoms with van der Waals surface area (Å²) in [7, 11) is 2.08. The molecule has 0 bridgehead atoms. The minimum absolute atomic E-state index is 0. The van der Waals surface area contributed by atoms with Crippen molar-refractivity contribution >= 4 is 29.9 Å². The van der Waals surface area contributed by atoms with Crippen LogP contribution in [0.15, 0.2) is 17.6 Å². The summed E-state index contributed by atoms with van der Waals surface area (Å²) in [5.41, 5.74) is 0. The Labute approximate surface area is 158 Å². The SMILES string of the molecule is C=CCCCN(C)C(=NCCCOCC1CCOC1)NCC.I. The Balaban J connectivity index is 0.00000484. The zero-order valence-corrected chi connectivity index (χ0v) is 17.1. The van der Waals surface area contributed by atoms with Gasteiger partial charge in [0.1, 0.15) is 0 Å². The normalized spacial score (nSPS) is 17.7. The number of hydrogen-bond acceptors (Lipinski definition) is 3. The summed E-state index contributed by atoms with van der Waals surface area (Å²) in [4.78, 5) is 6.85. The largest absolute Gasteiger partial charge is 0.381 e. The number of halogens is 1. The lowest BCUT2D eigenvalue weighted by atomic mass is 10.1. The predicted molar refractivity (Wildman–Crippen MR) is 108 cm³/mol. The van der Waals surface area contributed by atoms with E-state index in [4.69, 9.17) is 9.47 Å².